The first-order valence-corrected chi connectivity index (χ1v) is 4.36. The zero-order chi connectivity index (χ0) is 8.27. The number of hydrogen-bond acceptors (Lipinski definition) is 2. The summed E-state index contributed by atoms with van der Waals surface area (Å²) in [5.74, 6) is 0. The third kappa shape index (κ3) is 2.35. The Bertz CT molecular complexity index is 297. The monoisotopic (exact) mass is 169 g/mol. The van der Waals surface area contributed by atoms with E-state index in [0.717, 1.165) is 18.5 Å². The van der Waals surface area contributed by atoms with Gasteiger partial charge >= 0.3 is 4.87 Å². The summed E-state index contributed by atoms with van der Waals surface area (Å²) >= 11 is 1.23. The van der Waals surface area contributed by atoms with Crippen LogP contribution in [0.15, 0.2) is 28.5 Å². The number of rotatable bonds is 3. The van der Waals surface area contributed by atoms with Gasteiger partial charge in [-0.15, -0.1) is 6.58 Å². The molecule has 0 amide bonds. The van der Waals surface area contributed by atoms with Gasteiger partial charge in [-0.25, -0.2) is 0 Å². The second-order valence-corrected chi connectivity index (χ2v) is 3.43. The van der Waals surface area contributed by atoms with Gasteiger partial charge < -0.3 is 4.57 Å². The molecule has 0 saturated heterocycles. The maximum absolute atomic E-state index is 11.0. The number of thiazole rings is 1. The highest BCUT2D eigenvalue weighted by Gasteiger charge is 1.94. The second-order valence-electron chi connectivity index (χ2n) is 2.57. The minimum absolute atomic E-state index is 0.117. The average molecular weight is 169 g/mol. The highest BCUT2D eigenvalue weighted by atomic mass is 32.1. The van der Waals surface area contributed by atoms with Crippen LogP contribution in [0.5, 0.6) is 0 Å². The quantitative estimate of drug-likeness (QED) is 0.633. The summed E-state index contributed by atoms with van der Waals surface area (Å²) in [4.78, 5) is 11.1. The number of nitrogens with zero attached hydrogens (tertiary/aromatic N) is 1. The van der Waals surface area contributed by atoms with E-state index in [1.54, 1.807) is 9.95 Å². The molecule has 0 radical (unpaired) electrons. The van der Waals surface area contributed by atoms with Crippen molar-refractivity contribution in [1.82, 2.24) is 4.57 Å². The lowest BCUT2D eigenvalue weighted by Crippen LogP contribution is -2.11. The number of aryl methyl sites for hydroxylation is 1. The fourth-order valence-corrected chi connectivity index (χ4v) is 1.38. The Balaban J connectivity index is 2.58. The van der Waals surface area contributed by atoms with Gasteiger partial charge in [-0.05, 0) is 13.3 Å². The molecule has 1 aromatic rings. The molecule has 0 aliphatic carbocycles. The summed E-state index contributed by atoms with van der Waals surface area (Å²) in [6.07, 6.45) is 2.70. The third-order valence-corrected chi connectivity index (χ3v) is 2.12. The molecule has 0 atom stereocenters. The molecule has 0 N–H and O–H groups in total. The van der Waals surface area contributed by atoms with Crippen LogP contribution in [0, 0.1) is 0 Å². The fraction of sp³-hybridized carbons (Fsp3) is 0.375. The van der Waals surface area contributed by atoms with Crippen LogP contribution in [-0.2, 0) is 6.54 Å². The van der Waals surface area contributed by atoms with Crippen LogP contribution in [-0.4, -0.2) is 4.57 Å². The lowest BCUT2D eigenvalue weighted by Gasteiger charge is -1.98. The zero-order valence-electron chi connectivity index (χ0n) is 6.54. The Labute approximate surface area is 69.8 Å². The molecule has 0 aliphatic heterocycles. The van der Waals surface area contributed by atoms with Crippen LogP contribution >= 0.6 is 11.3 Å². The van der Waals surface area contributed by atoms with Gasteiger partial charge in [0.05, 0.1) is 0 Å². The molecule has 11 heavy (non-hydrogen) atoms. The van der Waals surface area contributed by atoms with Gasteiger partial charge in [-0.1, -0.05) is 16.9 Å². The molecule has 2 nitrogen and oxygen atoms in total. The summed E-state index contributed by atoms with van der Waals surface area (Å²) in [6, 6.07) is 0. The van der Waals surface area contributed by atoms with E-state index >= 15 is 0 Å². The minimum atomic E-state index is 0.117. The normalized spacial score (nSPS) is 9.91. The molecule has 3 heteroatoms. The molecule has 0 unspecified atom stereocenters. The predicted octanol–water partition coefficient (Wildman–Crippen LogP) is 1.88. The van der Waals surface area contributed by atoms with E-state index in [1.807, 2.05) is 13.1 Å². The number of allylic oxidation sites excluding steroid dienone is 1. The molecule has 0 aliphatic rings. The van der Waals surface area contributed by atoms with Gasteiger partial charge in [-0.2, -0.15) is 0 Å². The van der Waals surface area contributed by atoms with E-state index in [4.69, 9.17) is 0 Å². The molecule has 1 heterocycles. The third-order valence-electron chi connectivity index (χ3n) is 1.42. The first kappa shape index (κ1) is 8.27. The van der Waals surface area contributed by atoms with E-state index in [9.17, 15) is 4.79 Å². The van der Waals surface area contributed by atoms with Crippen LogP contribution in [0.25, 0.3) is 0 Å². The van der Waals surface area contributed by atoms with Crippen LogP contribution in [0.4, 0.5) is 0 Å². The SMILES string of the molecule is C=C(C)CCn1ccsc1=O. The van der Waals surface area contributed by atoms with Crippen molar-refractivity contribution in [3.05, 3.63) is 33.4 Å². The van der Waals surface area contributed by atoms with E-state index in [0.29, 0.717) is 0 Å². The summed E-state index contributed by atoms with van der Waals surface area (Å²) in [5.41, 5.74) is 1.11. The summed E-state index contributed by atoms with van der Waals surface area (Å²) in [5, 5.41) is 1.81. The fourth-order valence-electron chi connectivity index (χ4n) is 0.768. The minimum Gasteiger partial charge on any atom is -0.306 e. The molecule has 0 saturated carbocycles. The first-order valence-electron chi connectivity index (χ1n) is 3.48. The highest BCUT2D eigenvalue weighted by Crippen LogP contribution is 1.98. The van der Waals surface area contributed by atoms with E-state index in [-0.39, 0.29) is 4.87 Å². The Morgan fingerprint density at radius 2 is 2.55 bits per heavy atom. The van der Waals surface area contributed by atoms with Gasteiger partial charge in [0.15, 0.2) is 0 Å². The standard InChI is InChI=1S/C8H11NOS/c1-7(2)3-4-9-5-6-11-8(9)10/h5-6H,1,3-4H2,2H3. The van der Waals surface area contributed by atoms with Crippen molar-refractivity contribution in [2.24, 2.45) is 0 Å². The molecule has 1 rings (SSSR count). The molecule has 60 valence electrons. The molecular formula is C8H11NOS. The van der Waals surface area contributed by atoms with Gasteiger partial charge in [-0.3, -0.25) is 4.79 Å². The molecule has 0 bridgehead atoms. The van der Waals surface area contributed by atoms with Crippen LogP contribution in [0.1, 0.15) is 13.3 Å². The summed E-state index contributed by atoms with van der Waals surface area (Å²) in [6.45, 7) is 6.50. The van der Waals surface area contributed by atoms with Crippen molar-refractivity contribution in [3.8, 4) is 0 Å². The van der Waals surface area contributed by atoms with E-state index in [2.05, 4.69) is 6.58 Å². The Kier molecular flexibility index (Phi) is 2.65. The highest BCUT2D eigenvalue weighted by molar-refractivity contribution is 7.07. The first-order chi connectivity index (χ1) is 5.20. The Morgan fingerprint density at radius 3 is 3.00 bits per heavy atom. The second kappa shape index (κ2) is 3.53. The maximum Gasteiger partial charge on any atom is 0.307 e. The Morgan fingerprint density at radius 1 is 1.82 bits per heavy atom. The van der Waals surface area contributed by atoms with Gasteiger partial charge in [0.25, 0.3) is 0 Å². The number of hydrogen-bond donors (Lipinski definition) is 0. The van der Waals surface area contributed by atoms with Crippen molar-refractivity contribution in [2.75, 3.05) is 0 Å². The average Bonchev–Trinajstić information content (AvgIpc) is 2.31. The topological polar surface area (TPSA) is 22.0 Å². The maximum atomic E-state index is 11.0. The van der Waals surface area contributed by atoms with Gasteiger partial charge in [0, 0.05) is 18.1 Å². The van der Waals surface area contributed by atoms with Crippen molar-refractivity contribution in [1.29, 1.82) is 0 Å². The van der Waals surface area contributed by atoms with Crippen molar-refractivity contribution >= 4 is 11.3 Å². The van der Waals surface area contributed by atoms with E-state index in [1.165, 1.54) is 11.3 Å². The van der Waals surface area contributed by atoms with E-state index < -0.39 is 0 Å². The Hall–Kier alpha value is -0.830. The molecule has 0 aromatic carbocycles. The molecule has 1 aromatic heterocycles. The lowest BCUT2D eigenvalue weighted by molar-refractivity contribution is 0.683. The predicted molar refractivity (Wildman–Crippen MR) is 48.0 cm³/mol. The lowest BCUT2D eigenvalue weighted by atomic mass is 10.2. The van der Waals surface area contributed by atoms with Crippen LogP contribution in [0.2, 0.25) is 0 Å². The van der Waals surface area contributed by atoms with Gasteiger partial charge in [0.1, 0.15) is 0 Å². The number of aromatic nitrogens is 1. The zero-order valence-corrected chi connectivity index (χ0v) is 7.36. The summed E-state index contributed by atoms with van der Waals surface area (Å²) < 4.78 is 1.71. The van der Waals surface area contributed by atoms with Crippen LogP contribution in [0.3, 0.4) is 0 Å². The summed E-state index contributed by atoms with van der Waals surface area (Å²) in [7, 11) is 0. The largest absolute Gasteiger partial charge is 0.307 e. The molecule has 0 fully saturated rings. The van der Waals surface area contributed by atoms with Crippen molar-refractivity contribution < 1.29 is 0 Å². The molecular weight excluding hydrogens is 158 g/mol. The van der Waals surface area contributed by atoms with Crippen LogP contribution < -0.4 is 4.87 Å². The van der Waals surface area contributed by atoms with Crippen molar-refractivity contribution in [3.63, 3.8) is 0 Å². The van der Waals surface area contributed by atoms with Gasteiger partial charge in [0.2, 0.25) is 0 Å². The smallest absolute Gasteiger partial charge is 0.306 e. The molecule has 0 spiro atoms. The van der Waals surface area contributed by atoms with Crippen molar-refractivity contribution in [2.45, 2.75) is 19.9 Å².